The second-order valence-corrected chi connectivity index (χ2v) is 9.77. The largest absolute Gasteiger partial charge is 0.305 e. The van der Waals surface area contributed by atoms with Crippen molar-refractivity contribution >= 4 is 11.6 Å². The molecule has 0 N–H and O–H groups in total. The Labute approximate surface area is 175 Å². The summed E-state index contributed by atoms with van der Waals surface area (Å²) in [5.74, 6) is 0.232. The van der Waals surface area contributed by atoms with Crippen LogP contribution in [0.4, 0.5) is 5.69 Å². The van der Waals surface area contributed by atoms with Crippen LogP contribution in [0.15, 0.2) is 48.5 Å². The van der Waals surface area contributed by atoms with E-state index in [2.05, 4.69) is 86.0 Å². The van der Waals surface area contributed by atoms with Gasteiger partial charge < -0.3 is 4.90 Å². The second-order valence-electron chi connectivity index (χ2n) is 9.77. The number of anilines is 1. The molecule has 0 aromatic heterocycles. The molecule has 2 aromatic carbocycles. The van der Waals surface area contributed by atoms with Crippen LogP contribution in [0.3, 0.4) is 0 Å². The van der Waals surface area contributed by atoms with E-state index >= 15 is 0 Å². The lowest BCUT2D eigenvalue weighted by molar-refractivity contribution is -0.121. The van der Waals surface area contributed by atoms with E-state index in [4.69, 9.17) is 0 Å². The number of para-hydroxylation sites is 1. The van der Waals surface area contributed by atoms with Gasteiger partial charge in [0.15, 0.2) is 0 Å². The van der Waals surface area contributed by atoms with E-state index in [9.17, 15) is 4.79 Å². The number of benzene rings is 2. The molecule has 4 rings (SSSR count). The molecule has 29 heavy (non-hydrogen) atoms. The zero-order valence-corrected chi connectivity index (χ0v) is 18.4. The van der Waals surface area contributed by atoms with Crippen LogP contribution in [0.2, 0.25) is 0 Å². The van der Waals surface area contributed by atoms with Crippen molar-refractivity contribution in [2.75, 3.05) is 24.5 Å². The number of fused-ring (bicyclic) bond motifs is 1. The average Bonchev–Trinajstić information content (AvgIpc) is 2.68. The zero-order valence-electron chi connectivity index (χ0n) is 18.4. The number of aryl methyl sites for hydroxylation is 1. The number of likely N-dealkylation sites (tertiary alicyclic amines) is 1. The Balaban J connectivity index is 1.75. The van der Waals surface area contributed by atoms with Crippen molar-refractivity contribution in [1.82, 2.24) is 4.90 Å². The smallest absolute Gasteiger partial charge is 0.241 e. The van der Waals surface area contributed by atoms with E-state index in [0.29, 0.717) is 6.54 Å². The van der Waals surface area contributed by atoms with Crippen molar-refractivity contribution < 1.29 is 4.79 Å². The number of nitrogens with zero attached hydrogens (tertiary/aromatic N) is 2. The number of rotatable bonds is 3. The summed E-state index contributed by atoms with van der Waals surface area (Å²) in [5.41, 5.74) is 4.59. The second kappa shape index (κ2) is 7.60. The van der Waals surface area contributed by atoms with Crippen molar-refractivity contribution in [2.45, 2.75) is 64.3 Å². The van der Waals surface area contributed by atoms with Gasteiger partial charge in [-0.1, -0.05) is 61.4 Å². The standard InChI is InChI=1S/C26H34N2O/c1-20-11-10-12-21(17-20)26(4)19-25(2,3)28(23-14-7-6-13-22(23)26)24(29)18-27-15-8-5-9-16-27/h6-7,10-14,17H,5,8-9,15-16,18-19H2,1-4H3/t26-/m1/s1. The fourth-order valence-electron chi connectivity index (χ4n) is 5.60. The van der Waals surface area contributed by atoms with Gasteiger partial charge in [-0.25, -0.2) is 0 Å². The molecule has 1 saturated heterocycles. The molecule has 0 aliphatic carbocycles. The molecule has 2 aromatic rings. The van der Waals surface area contributed by atoms with E-state index < -0.39 is 0 Å². The Morgan fingerprint density at radius 1 is 0.966 bits per heavy atom. The third-order valence-corrected chi connectivity index (χ3v) is 6.84. The Morgan fingerprint density at radius 3 is 2.41 bits per heavy atom. The molecule has 1 atom stereocenters. The lowest BCUT2D eigenvalue weighted by Crippen LogP contribution is -2.58. The summed E-state index contributed by atoms with van der Waals surface area (Å²) in [6, 6.07) is 17.4. The summed E-state index contributed by atoms with van der Waals surface area (Å²) in [4.78, 5) is 18.0. The topological polar surface area (TPSA) is 23.6 Å². The first-order valence-electron chi connectivity index (χ1n) is 11.0. The van der Waals surface area contributed by atoms with Gasteiger partial charge in [0, 0.05) is 16.6 Å². The molecule has 154 valence electrons. The summed E-state index contributed by atoms with van der Waals surface area (Å²) in [6.07, 6.45) is 4.61. The van der Waals surface area contributed by atoms with Gasteiger partial charge in [-0.05, 0) is 70.3 Å². The highest BCUT2D eigenvalue weighted by molar-refractivity contribution is 5.98. The van der Waals surface area contributed by atoms with Crippen molar-refractivity contribution in [2.24, 2.45) is 0 Å². The summed E-state index contributed by atoms with van der Waals surface area (Å²) < 4.78 is 0. The quantitative estimate of drug-likeness (QED) is 0.710. The molecule has 0 unspecified atom stereocenters. The van der Waals surface area contributed by atoms with Crippen molar-refractivity contribution in [1.29, 1.82) is 0 Å². The maximum atomic E-state index is 13.5. The predicted molar refractivity (Wildman–Crippen MR) is 121 cm³/mol. The lowest BCUT2D eigenvalue weighted by atomic mass is 9.65. The summed E-state index contributed by atoms with van der Waals surface area (Å²) >= 11 is 0. The van der Waals surface area contributed by atoms with Gasteiger partial charge >= 0.3 is 0 Å². The fourth-order valence-corrected chi connectivity index (χ4v) is 5.60. The molecule has 3 nitrogen and oxygen atoms in total. The Morgan fingerprint density at radius 2 is 1.69 bits per heavy atom. The first kappa shape index (κ1) is 20.2. The van der Waals surface area contributed by atoms with Crippen molar-refractivity contribution in [3.8, 4) is 0 Å². The van der Waals surface area contributed by atoms with Gasteiger partial charge in [-0.2, -0.15) is 0 Å². The maximum absolute atomic E-state index is 13.5. The molecule has 2 heterocycles. The highest BCUT2D eigenvalue weighted by Crippen LogP contribution is 2.50. The van der Waals surface area contributed by atoms with Crippen LogP contribution in [0.5, 0.6) is 0 Å². The van der Waals surface area contributed by atoms with E-state index in [0.717, 1.165) is 25.2 Å². The molecule has 0 spiro atoms. The molecule has 1 amide bonds. The molecule has 1 fully saturated rings. The van der Waals surface area contributed by atoms with Crippen LogP contribution < -0.4 is 4.90 Å². The third-order valence-electron chi connectivity index (χ3n) is 6.84. The number of amides is 1. The third kappa shape index (κ3) is 3.73. The van der Waals surface area contributed by atoms with Crippen molar-refractivity contribution in [3.05, 3.63) is 65.2 Å². The number of hydrogen-bond donors (Lipinski definition) is 0. The Hall–Kier alpha value is -2.13. The molecule has 2 aliphatic rings. The minimum Gasteiger partial charge on any atom is -0.305 e. The van der Waals surface area contributed by atoms with Gasteiger partial charge in [0.2, 0.25) is 5.91 Å². The number of carbonyl (C=O) groups excluding carboxylic acids is 1. The molecule has 2 aliphatic heterocycles. The molecule has 0 bridgehead atoms. The Bertz CT molecular complexity index is 897. The minimum atomic E-state index is -0.250. The van der Waals surface area contributed by atoms with Crippen LogP contribution in [0.1, 0.15) is 63.1 Å². The van der Waals surface area contributed by atoms with E-state index in [1.54, 1.807) is 0 Å². The molecule has 0 radical (unpaired) electrons. The van der Waals surface area contributed by atoms with Crippen LogP contribution >= 0.6 is 0 Å². The van der Waals surface area contributed by atoms with E-state index in [-0.39, 0.29) is 16.9 Å². The highest BCUT2D eigenvalue weighted by atomic mass is 16.2. The van der Waals surface area contributed by atoms with Crippen LogP contribution in [0, 0.1) is 6.92 Å². The van der Waals surface area contributed by atoms with Crippen LogP contribution in [0.25, 0.3) is 0 Å². The fraction of sp³-hybridized carbons (Fsp3) is 0.500. The minimum absolute atomic E-state index is 0.117. The van der Waals surface area contributed by atoms with Crippen molar-refractivity contribution in [3.63, 3.8) is 0 Å². The summed E-state index contributed by atoms with van der Waals surface area (Å²) in [6.45, 7) is 11.6. The van der Waals surface area contributed by atoms with Gasteiger partial charge in [0.1, 0.15) is 0 Å². The monoisotopic (exact) mass is 390 g/mol. The first-order chi connectivity index (χ1) is 13.8. The SMILES string of the molecule is Cc1cccc([C@@]2(C)CC(C)(C)N(C(=O)CN3CCCCC3)c3ccccc32)c1. The molecule has 3 heteroatoms. The number of carbonyl (C=O) groups is 1. The van der Waals surface area contributed by atoms with Crippen LogP contribution in [-0.4, -0.2) is 36.0 Å². The average molecular weight is 391 g/mol. The van der Waals surface area contributed by atoms with E-state index in [1.165, 1.54) is 36.0 Å². The first-order valence-corrected chi connectivity index (χ1v) is 11.0. The van der Waals surface area contributed by atoms with Gasteiger partial charge in [0.25, 0.3) is 0 Å². The normalized spacial score (nSPS) is 24.2. The predicted octanol–water partition coefficient (Wildman–Crippen LogP) is 5.30. The van der Waals surface area contributed by atoms with Gasteiger partial charge in [-0.15, -0.1) is 0 Å². The van der Waals surface area contributed by atoms with Gasteiger partial charge in [0.05, 0.1) is 6.54 Å². The van der Waals surface area contributed by atoms with Crippen LogP contribution in [-0.2, 0) is 10.2 Å². The summed E-state index contributed by atoms with van der Waals surface area (Å²) in [7, 11) is 0. The number of piperidine rings is 1. The molecular weight excluding hydrogens is 356 g/mol. The maximum Gasteiger partial charge on any atom is 0.241 e. The highest BCUT2D eigenvalue weighted by Gasteiger charge is 2.47. The molecular formula is C26H34N2O. The molecule has 0 saturated carbocycles. The number of hydrogen-bond acceptors (Lipinski definition) is 2. The Kier molecular flexibility index (Phi) is 5.29. The lowest BCUT2D eigenvalue weighted by Gasteiger charge is -2.51. The van der Waals surface area contributed by atoms with Gasteiger partial charge in [-0.3, -0.25) is 9.69 Å². The van der Waals surface area contributed by atoms with E-state index in [1.807, 2.05) is 0 Å². The summed E-state index contributed by atoms with van der Waals surface area (Å²) in [5, 5.41) is 0. The zero-order chi connectivity index (χ0) is 20.6.